The van der Waals surface area contributed by atoms with Gasteiger partial charge in [0.1, 0.15) is 0 Å². The molecule has 2 heterocycles. The molecule has 0 saturated carbocycles. The predicted octanol–water partition coefficient (Wildman–Crippen LogP) is 3.62. The predicted molar refractivity (Wildman–Crippen MR) is 109 cm³/mol. The molecule has 0 bridgehead atoms. The molecule has 0 aliphatic carbocycles. The second kappa shape index (κ2) is 9.06. The van der Waals surface area contributed by atoms with Crippen molar-refractivity contribution in [2.75, 3.05) is 37.7 Å². The maximum atomic E-state index is 12.3. The molecule has 0 radical (unpaired) electrons. The fourth-order valence-electron chi connectivity index (χ4n) is 2.86. The third-order valence-corrected chi connectivity index (χ3v) is 5.64. The molecule has 27 heavy (non-hydrogen) atoms. The van der Waals surface area contributed by atoms with E-state index in [0.717, 1.165) is 29.2 Å². The van der Waals surface area contributed by atoms with Gasteiger partial charge in [-0.1, -0.05) is 17.7 Å². The van der Waals surface area contributed by atoms with E-state index in [1.807, 2.05) is 42.6 Å². The Labute approximate surface area is 167 Å². The first-order valence-electron chi connectivity index (χ1n) is 8.70. The number of carbonyl (C=O) groups is 2. The molecule has 3 rings (SSSR count). The summed E-state index contributed by atoms with van der Waals surface area (Å²) in [5, 5.41) is 2.66. The van der Waals surface area contributed by atoms with Crippen LogP contribution in [0.1, 0.15) is 10.4 Å². The fraction of sp³-hybridized carbons (Fsp3) is 0.300. The topological polar surface area (TPSA) is 49.9 Å². The van der Waals surface area contributed by atoms with E-state index >= 15 is 0 Å². The molecule has 1 saturated heterocycles. The Hall–Kier alpha value is -2.31. The smallest absolute Gasteiger partial charge is 0.331 e. The van der Waals surface area contributed by atoms with Crippen LogP contribution in [0.4, 0.5) is 5.69 Å². The lowest BCUT2D eigenvalue weighted by Gasteiger charge is -2.36. The Kier molecular flexibility index (Phi) is 6.53. The number of rotatable bonds is 5. The van der Waals surface area contributed by atoms with Crippen molar-refractivity contribution in [2.24, 2.45) is 0 Å². The Morgan fingerprint density at radius 3 is 2.67 bits per heavy atom. The zero-order valence-electron chi connectivity index (χ0n) is 15.1. The number of hydrogen-bond acceptors (Lipinski definition) is 5. The molecular weight excluding hydrogens is 384 g/mol. The van der Waals surface area contributed by atoms with Crippen LogP contribution in [0.5, 0.6) is 0 Å². The number of anilines is 1. The second-order valence-electron chi connectivity index (χ2n) is 6.26. The van der Waals surface area contributed by atoms with Gasteiger partial charge in [0.05, 0.1) is 0 Å². The maximum Gasteiger partial charge on any atom is 0.331 e. The average Bonchev–Trinajstić information content (AvgIpc) is 3.09. The molecule has 1 aromatic heterocycles. The number of nitrogens with zero attached hydrogens (tertiary/aromatic N) is 2. The summed E-state index contributed by atoms with van der Waals surface area (Å²) < 4.78 is 5.08. The van der Waals surface area contributed by atoms with E-state index in [2.05, 4.69) is 4.90 Å². The van der Waals surface area contributed by atoms with Gasteiger partial charge in [-0.15, -0.1) is 11.3 Å². The number of amides is 1. The summed E-state index contributed by atoms with van der Waals surface area (Å²) in [5.41, 5.74) is 2.16. The first-order valence-corrected chi connectivity index (χ1v) is 9.96. The normalized spacial score (nSPS) is 14.6. The van der Waals surface area contributed by atoms with Gasteiger partial charge < -0.3 is 14.5 Å². The van der Waals surface area contributed by atoms with Gasteiger partial charge in [-0.3, -0.25) is 4.79 Å². The summed E-state index contributed by atoms with van der Waals surface area (Å²) in [6.07, 6.45) is 3.08. The molecular formula is C20H21ClN2O3S. The van der Waals surface area contributed by atoms with Crippen LogP contribution in [0, 0.1) is 6.92 Å². The summed E-state index contributed by atoms with van der Waals surface area (Å²) in [7, 11) is 0. The van der Waals surface area contributed by atoms with E-state index in [9.17, 15) is 9.59 Å². The van der Waals surface area contributed by atoms with Gasteiger partial charge in [-0.05, 0) is 48.2 Å². The standard InChI is InChI=1S/C20H21ClN2O3S/c1-15-7-12-27-18(15)5-6-20(25)26-14-19(24)23-10-8-22(9-11-23)17-4-2-3-16(21)13-17/h2-7,12-13H,8-11,14H2,1H3/b6-5+. The number of hydrogen-bond donors (Lipinski definition) is 0. The third-order valence-electron chi connectivity index (χ3n) is 4.42. The van der Waals surface area contributed by atoms with Crippen molar-refractivity contribution in [3.63, 3.8) is 0 Å². The minimum absolute atomic E-state index is 0.171. The molecule has 0 atom stereocenters. The van der Waals surface area contributed by atoms with Gasteiger partial charge in [0.15, 0.2) is 6.61 Å². The number of piperazine rings is 1. The van der Waals surface area contributed by atoms with E-state index in [4.69, 9.17) is 16.3 Å². The minimum atomic E-state index is -0.506. The quantitative estimate of drug-likeness (QED) is 0.564. The molecule has 2 aromatic rings. The van der Waals surface area contributed by atoms with Crippen LogP contribution in [-0.4, -0.2) is 49.6 Å². The monoisotopic (exact) mass is 404 g/mol. The molecule has 7 heteroatoms. The van der Waals surface area contributed by atoms with Gasteiger partial charge in [0.2, 0.25) is 0 Å². The van der Waals surface area contributed by atoms with Gasteiger partial charge in [-0.25, -0.2) is 4.79 Å². The molecule has 0 unspecified atom stereocenters. The molecule has 1 fully saturated rings. The van der Waals surface area contributed by atoms with Crippen molar-refractivity contribution in [1.82, 2.24) is 4.90 Å². The molecule has 142 valence electrons. The molecule has 0 N–H and O–H groups in total. The van der Waals surface area contributed by atoms with E-state index in [1.165, 1.54) is 6.08 Å². The third kappa shape index (κ3) is 5.34. The number of aryl methyl sites for hydroxylation is 1. The lowest BCUT2D eigenvalue weighted by atomic mass is 10.2. The molecule has 1 aliphatic rings. The number of carbonyl (C=O) groups excluding carboxylic acids is 2. The number of benzene rings is 1. The van der Waals surface area contributed by atoms with Crippen LogP contribution in [-0.2, 0) is 14.3 Å². The fourth-order valence-corrected chi connectivity index (χ4v) is 3.86. The Morgan fingerprint density at radius 1 is 1.22 bits per heavy atom. The molecule has 1 amide bonds. The van der Waals surface area contributed by atoms with Crippen molar-refractivity contribution in [1.29, 1.82) is 0 Å². The average molecular weight is 405 g/mol. The van der Waals surface area contributed by atoms with Gasteiger partial charge >= 0.3 is 5.97 Å². The summed E-state index contributed by atoms with van der Waals surface area (Å²) in [5.74, 6) is -0.677. The zero-order valence-corrected chi connectivity index (χ0v) is 16.6. The first-order chi connectivity index (χ1) is 13.0. The number of thiophene rings is 1. The summed E-state index contributed by atoms with van der Waals surface area (Å²) >= 11 is 7.59. The van der Waals surface area contributed by atoms with Crippen LogP contribution in [0.15, 0.2) is 41.8 Å². The lowest BCUT2D eigenvalue weighted by Crippen LogP contribution is -2.49. The van der Waals surface area contributed by atoms with Crippen molar-refractivity contribution in [3.05, 3.63) is 57.3 Å². The van der Waals surface area contributed by atoms with E-state index in [-0.39, 0.29) is 12.5 Å². The van der Waals surface area contributed by atoms with Gasteiger partial charge in [-0.2, -0.15) is 0 Å². The largest absolute Gasteiger partial charge is 0.452 e. The van der Waals surface area contributed by atoms with E-state index in [0.29, 0.717) is 18.1 Å². The highest BCUT2D eigenvalue weighted by Gasteiger charge is 2.22. The van der Waals surface area contributed by atoms with Gasteiger partial charge in [0, 0.05) is 47.8 Å². The first kappa shape index (κ1) is 19.5. The van der Waals surface area contributed by atoms with Gasteiger partial charge in [0.25, 0.3) is 5.91 Å². The highest BCUT2D eigenvalue weighted by molar-refractivity contribution is 7.11. The molecule has 1 aliphatic heterocycles. The summed E-state index contributed by atoms with van der Waals surface area (Å²) in [6, 6.07) is 9.67. The minimum Gasteiger partial charge on any atom is -0.452 e. The Bertz CT molecular complexity index is 841. The van der Waals surface area contributed by atoms with Crippen molar-refractivity contribution in [2.45, 2.75) is 6.92 Å². The highest BCUT2D eigenvalue weighted by Crippen LogP contribution is 2.21. The van der Waals surface area contributed by atoms with Crippen LogP contribution in [0.3, 0.4) is 0 Å². The highest BCUT2D eigenvalue weighted by atomic mass is 35.5. The van der Waals surface area contributed by atoms with E-state index < -0.39 is 5.97 Å². The van der Waals surface area contributed by atoms with Crippen LogP contribution in [0.2, 0.25) is 5.02 Å². The number of esters is 1. The van der Waals surface area contributed by atoms with Crippen LogP contribution >= 0.6 is 22.9 Å². The van der Waals surface area contributed by atoms with E-state index in [1.54, 1.807) is 22.3 Å². The Morgan fingerprint density at radius 2 is 2.00 bits per heavy atom. The molecule has 5 nitrogen and oxygen atoms in total. The number of halogens is 1. The Balaban J connectivity index is 1.43. The van der Waals surface area contributed by atoms with Crippen LogP contribution in [0.25, 0.3) is 6.08 Å². The maximum absolute atomic E-state index is 12.3. The number of ether oxygens (including phenoxy) is 1. The molecule has 0 spiro atoms. The lowest BCUT2D eigenvalue weighted by molar-refractivity contribution is -0.148. The summed E-state index contributed by atoms with van der Waals surface area (Å²) in [4.78, 5) is 29.0. The SMILES string of the molecule is Cc1ccsc1/C=C/C(=O)OCC(=O)N1CCN(c2cccc(Cl)c2)CC1. The van der Waals surface area contributed by atoms with Crippen molar-refractivity contribution >= 4 is 46.6 Å². The van der Waals surface area contributed by atoms with Crippen molar-refractivity contribution < 1.29 is 14.3 Å². The zero-order chi connectivity index (χ0) is 19.2. The van der Waals surface area contributed by atoms with Crippen molar-refractivity contribution in [3.8, 4) is 0 Å². The molecule has 1 aromatic carbocycles. The van der Waals surface area contributed by atoms with Crippen LogP contribution < -0.4 is 4.90 Å². The summed E-state index contributed by atoms with van der Waals surface area (Å²) in [6.45, 7) is 4.37. The second-order valence-corrected chi connectivity index (χ2v) is 7.64.